The molecule has 0 heterocycles. The first-order valence-electron chi connectivity index (χ1n) is 4.87. The molecule has 0 aromatic carbocycles. The minimum atomic E-state index is 0. The van der Waals surface area contributed by atoms with Gasteiger partial charge in [-0.25, -0.2) is 0 Å². The van der Waals surface area contributed by atoms with Crippen LogP contribution in [0.15, 0.2) is 40.5 Å². The van der Waals surface area contributed by atoms with Gasteiger partial charge in [-0.3, -0.25) is 0 Å². The number of rotatable bonds is 1. The van der Waals surface area contributed by atoms with Gasteiger partial charge in [0.2, 0.25) is 0 Å². The van der Waals surface area contributed by atoms with Crippen molar-refractivity contribution < 1.29 is 26.2 Å². The van der Waals surface area contributed by atoms with Gasteiger partial charge in [0.25, 0.3) is 0 Å². The Morgan fingerprint density at radius 3 is 2.50 bits per heavy atom. The smallest absolute Gasteiger partial charge is 0 e. The Kier molecular flexibility index (Phi) is 3.89. The zero-order valence-corrected chi connectivity index (χ0v) is 11.5. The normalized spacial score (nSPS) is 24.9. The summed E-state index contributed by atoms with van der Waals surface area (Å²) in [5, 5.41) is 0. The third kappa shape index (κ3) is 1.93. The Labute approximate surface area is 106 Å². The van der Waals surface area contributed by atoms with Gasteiger partial charge in [0, 0.05) is 26.2 Å². The van der Waals surface area contributed by atoms with E-state index >= 15 is 0 Å². The van der Waals surface area contributed by atoms with Gasteiger partial charge in [0.1, 0.15) is 0 Å². The van der Waals surface area contributed by atoms with Crippen LogP contribution in [0.1, 0.15) is 27.2 Å². The van der Waals surface area contributed by atoms with Crippen LogP contribution in [0.25, 0.3) is 0 Å². The van der Waals surface area contributed by atoms with Gasteiger partial charge in [0.05, 0.1) is 0 Å². The van der Waals surface area contributed by atoms with Crippen LogP contribution in [-0.4, -0.2) is 0 Å². The molecule has 2 aliphatic carbocycles. The molecule has 0 bridgehead atoms. The van der Waals surface area contributed by atoms with Gasteiger partial charge in [-0.1, -0.05) is 45.3 Å². The summed E-state index contributed by atoms with van der Waals surface area (Å²) in [7, 11) is 0. The van der Waals surface area contributed by atoms with E-state index in [4.69, 9.17) is 0 Å². The van der Waals surface area contributed by atoms with Crippen molar-refractivity contribution in [1.82, 2.24) is 0 Å². The topological polar surface area (TPSA) is 0 Å². The summed E-state index contributed by atoms with van der Waals surface area (Å²) in [6.07, 6.45) is 11.2. The molecule has 0 aliphatic heterocycles. The molecule has 0 radical (unpaired) electrons. The first-order valence-corrected chi connectivity index (χ1v) is 4.87. The summed E-state index contributed by atoms with van der Waals surface area (Å²) >= 11 is 0. The van der Waals surface area contributed by atoms with Crippen molar-refractivity contribution in [2.75, 3.05) is 0 Å². The molecule has 2 aliphatic rings. The van der Waals surface area contributed by atoms with E-state index in [1.54, 1.807) is 0 Å². The summed E-state index contributed by atoms with van der Waals surface area (Å²) in [6.45, 7) is 6.64. The van der Waals surface area contributed by atoms with Crippen molar-refractivity contribution in [3.05, 3.63) is 46.6 Å². The Hall–Kier alpha value is -0.157. The van der Waals surface area contributed by atoms with Crippen molar-refractivity contribution in [1.29, 1.82) is 0 Å². The molecule has 0 aromatic rings. The summed E-state index contributed by atoms with van der Waals surface area (Å²) < 4.78 is 0. The van der Waals surface area contributed by atoms with E-state index < -0.39 is 0 Å². The fraction of sp³-hybridized carbons (Fsp3) is 0.385. The van der Waals surface area contributed by atoms with Crippen LogP contribution < -0.4 is 0 Å². The van der Waals surface area contributed by atoms with Gasteiger partial charge >= 0.3 is 0 Å². The molecule has 0 saturated heterocycles. The summed E-state index contributed by atoms with van der Waals surface area (Å²) in [5.74, 6) is 0.511. The van der Waals surface area contributed by atoms with Crippen LogP contribution in [0, 0.1) is 12.0 Å². The maximum atomic E-state index is 3.53. The minimum Gasteiger partial charge on any atom is -0.194 e. The van der Waals surface area contributed by atoms with E-state index in [2.05, 4.69) is 45.1 Å². The van der Waals surface area contributed by atoms with Crippen LogP contribution in [0.5, 0.6) is 0 Å². The van der Waals surface area contributed by atoms with E-state index in [0.29, 0.717) is 5.92 Å². The molecule has 0 spiro atoms. The third-order valence-corrected chi connectivity index (χ3v) is 3.07. The fourth-order valence-electron chi connectivity index (χ4n) is 1.92. The molecule has 0 amide bonds. The minimum absolute atomic E-state index is 0. The zero-order chi connectivity index (χ0) is 9.42. The predicted molar refractivity (Wildman–Crippen MR) is 56.1 cm³/mol. The molecular weight excluding hydrogens is 247 g/mol. The molecule has 0 N–H and O–H groups in total. The summed E-state index contributed by atoms with van der Waals surface area (Å²) in [5.41, 5.74) is 5.70. The van der Waals surface area contributed by atoms with Gasteiger partial charge < -0.3 is 0 Å². The maximum Gasteiger partial charge on any atom is 0 e. The number of hydrogen-bond acceptors (Lipinski definition) is 0. The van der Waals surface area contributed by atoms with E-state index in [1.165, 1.54) is 22.3 Å². The average molecular weight is 262 g/mol. The van der Waals surface area contributed by atoms with Crippen LogP contribution in [0.4, 0.5) is 0 Å². The second-order valence-corrected chi connectivity index (χ2v) is 3.87. The molecule has 0 aromatic heterocycles. The Morgan fingerprint density at radius 2 is 2.07 bits per heavy atom. The van der Waals surface area contributed by atoms with Gasteiger partial charge in [-0.15, -0.1) is 17.2 Å². The van der Waals surface area contributed by atoms with Crippen LogP contribution >= 0.6 is 0 Å². The van der Waals surface area contributed by atoms with Crippen molar-refractivity contribution in [3.63, 3.8) is 0 Å². The van der Waals surface area contributed by atoms with Crippen molar-refractivity contribution in [3.8, 4) is 0 Å². The van der Waals surface area contributed by atoms with E-state index in [0.717, 1.165) is 6.42 Å². The maximum absolute atomic E-state index is 3.53. The van der Waals surface area contributed by atoms with Crippen molar-refractivity contribution in [2.24, 2.45) is 5.92 Å². The second kappa shape index (κ2) is 4.57. The summed E-state index contributed by atoms with van der Waals surface area (Å²) in [4.78, 5) is 0. The molecule has 0 nitrogen and oxygen atoms in total. The monoisotopic (exact) mass is 261 g/mol. The average Bonchev–Trinajstić information content (AvgIpc) is 2.70. The Morgan fingerprint density at radius 1 is 1.36 bits per heavy atom. The molecular formula is C13H15Zr-. The Bertz CT molecular complexity index is 353. The molecule has 1 atom stereocenters. The quantitative estimate of drug-likeness (QED) is 0.634. The first kappa shape index (κ1) is 11.9. The van der Waals surface area contributed by atoms with Crippen molar-refractivity contribution >= 4 is 0 Å². The van der Waals surface area contributed by atoms with Gasteiger partial charge in [0.15, 0.2) is 0 Å². The van der Waals surface area contributed by atoms with Crippen molar-refractivity contribution in [2.45, 2.75) is 27.2 Å². The molecule has 72 valence electrons. The largest absolute Gasteiger partial charge is 0.194 e. The van der Waals surface area contributed by atoms with Crippen LogP contribution in [0.2, 0.25) is 0 Å². The number of allylic oxidation sites excluding steroid dienone is 8. The fourth-order valence-corrected chi connectivity index (χ4v) is 1.92. The molecule has 0 fully saturated rings. The van der Waals surface area contributed by atoms with Gasteiger partial charge in [-0.05, 0) is 0 Å². The summed E-state index contributed by atoms with van der Waals surface area (Å²) in [6, 6.07) is 0. The molecule has 1 heteroatoms. The molecule has 14 heavy (non-hydrogen) atoms. The number of hydrogen-bond donors (Lipinski definition) is 0. The zero-order valence-electron chi connectivity index (χ0n) is 9.02. The van der Waals surface area contributed by atoms with E-state index in [-0.39, 0.29) is 26.2 Å². The van der Waals surface area contributed by atoms with E-state index in [1.807, 2.05) is 0 Å². The Balaban J connectivity index is 0.000000980. The van der Waals surface area contributed by atoms with Crippen LogP contribution in [0.3, 0.4) is 0 Å². The van der Waals surface area contributed by atoms with Gasteiger partial charge in [-0.2, -0.15) is 17.2 Å². The molecule has 1 unspecified atom stereocenters. The predicted octanol–water partition coefficient (Wildman–Crippen LogP) is 3.59. The standard InChI is InChI=1S/C13H15.Zr/c1-9-8-13(11(3)10(9)2)12-6-4-5-7-12;/h4-6,9H,7H2,1-3H3;/q-1;. The molecule has 0 saturated carbocycles. The third-order valence-electron chi connectivity index (χ3n) is 3.07. The van der Waals surface area contributed by atoms with E-state index in [9.17, 15) is 0 Å². The van der Waals surface area contributed by atoms with Crippen LogP contribution in [-0.2, 0) is 26.2 Å². The second-order valence-electron chi connectivity index (χ2n) is 3.87. The molecule has 2 rings (SSSR count). The first-order chi connectivity index (χ1) is 6.20. The SMILES string of the molecule is CC1=C(C)C(C)[C-]=C1C1=CC=CC1.[Zr].